The first-order chi connectivity index (χ1) is 12.5. The molecule has 1 aromatic rings. The van der Waals surface area contributed by atoms with E-state index in [1.165, 1.54) is 0 Å². The molecule has 1 N–H and O–H groups in total. The van der Waals surface area contributed by atoms with Gasteiger partial charge in [0.15, 0.2) is 0 Å². The molecule has 2 heterocycles. The Morgan fingerprint density at radius 1 is 1.08 bits per heavy atom. The van der Waals surface area contributed by atoms with Crippen LogP contribution in [0.25, 0.3) is 0 Å². The lowest BCUT2D eigenvalue weighted by Crippen LogP contribution is -2.47. The summed E-state index contributed by atoms with van der Waals surface area (Å²) in [5, 5.41) is 2.95. The summed E-state index contributed by atoms with van der Waals surface area (Å²) in [6.45, 7) is 3.07. The van der Waals surface area contributed by atoms with Crippen molar-refractivity contribution in [2.24, 2.45) is 0 Å². The summed E-state index contributed by atoms with van der Waals surface area (Å²) in [6.07, 6.45) is 2.03. The van der Waals surface area contributed by atoms with Gasteiger partial charge in [-0.1, -0.05) is 19.1 Å². The number of imide groups is 1. The van der Waals surface area contributed by atoms with Crippen molar-refractivity contribution in [2.45, 2.75) is 38.6 Å². The van der Waals surface area contributed by atoms with Crippen LogP contribution in [0, 0.1) is 0 Å². The van der Waals surface area contributed by atoms with Crippen molar-refractivity contribution in [1.82, 2.24) is 15.1 Å². The molecule has 1 aromatic carbocycles. The van der Waals surface area contributed by atoms with Gasteiger partial charge in [0.1, 0.15) is 0 Å². The third-order valence-electron chi connectivity index (χ3n) is 4.96. The smallest absolute Gasteiger partial charge is 0.261 e. The van der Waals surface area contributed by atoms with E-state index in [1.807, 2.05) is 6.92 Å². The van der Waals surface area contributed by atoms with Crippen LogP contribution >= 0.6 is 0 Å². The summed E-state index contributed by atoms with van der Waals surface area (Å²) < 4.78 is 0. The Bertz CT molecular complexity index is 703. The molecule has 26 heavy (non-hydrogen) atoms. The molecule has 1 fully saturated rings. The Hall–Kier alpha value is -2.70. The van der Waals surface area contributed by atoms with Crippen LogP contribution in [0.5, 0.6) is 0 Å². The molecule has 138 valence electrons. The fraction of sp³-hybridized carbons (Fsp3) is 0.474. The molecule has 4 amide bonds. The minimum Gasteiger partial charge on any atom is -0.353 e. The van der Waals surface area contributed by atoms with Crippen LogP contribution in [-0.4, -0.2) is 59.1 Å². The number of benzene rings is 1. The lowest BCUT2D eigenvalue weighted by Gasteiger charge is -2.32. The van der Waals surface area contributed by atoms with Gasteiger partial charge in [0.25, 0.3) is 11.8 Å². The highest BCUT2D eigenvalue weighted by molar-refractivity contribution is 6.21. The maximum Gasteiger partial charge on any atom is 0.261 e. The molecule has 0 atom stereocenters. The Morgan fingerprint density at radius 3 is 2.19 bits per heavy atom. The summed E-state index contributed by atoms with van der Waals surface area (Å²) in [4.78, 5) is 51.4. The number of amides is 4. The maximum absolute atomic E-state index is 12.4. The van der Waals surface area contributed by atoms with E-state index in [2.05, 4.69) is 5.32 Å². The molecule has 0 aliphatic carbocycles. The van der Waals surface area contributed by atoms with E-state index in [9.17, 15) is 19.2 Å². The van der Waals surface area contributed by atoms with Gasteiger partial charge < -0.3 is 10.2 Å². The maximum atomic E-state index is 12.4. The Balaban J connectivity index is 1.49. The van der Waals surface area contributed by atoms with Crippen molar-refractivity contribution >= 4 is 23.6 Å². The average molecular weight is 357 g/mol. The number of hydrogen-bond acceptors (Lipinski definition) is 4. The molecular formula is C19H23N3O4. The van der Waals surface area contributed by atoms with Gasteiger partial charge >= 0.3 is 0 Å². The van der Waals surface area contributed by atoms with Crippen molar-refractivity contribution in [3.05, 3.63) is 35.4 Å². The van der Waals surface area contributed by atoms with Crippen molar-refractivity contribution in [2.75, 3.05) is 19.6 Å². The molecule has 0 aromatic heterocycles. The summed E-state index contributed by atoms with van der Waals surface area (Å²) in [5.41, 5.74) is 0.801. The fourth-order valence-corrected chi connectivity index (χ4v) is 3.41. The number of fused-ring (bicyclic) bond motifs is 1. The molecule has 0 spiro atoms. The SMILES string of the molecule is CCC(=O)NC1CCN(C(=O)CCN2C(=O)c3ccccc3C2=O)CC1. The van der Waals surface area contributed by atoms with Crippen molar-refractivity contribution in [3.8, 4) is 0 Å². The molecule has 0 unspecified atom stereocenters. The second-order valence-corrected chi connectivity index (χ2v) is 6.63. The van der Waals surface area contributed by atoms with Gasteiger partial charge in [-0.05, 0) is 25.0 Å². The monoisotopic (exact) mass is 357 g/mol. The number of hydrogen-bond donors (Lipinski definition) is 1. The molecule has 2 aliphatic rings. The number of nitrogens with one attached hydrogen (secondary N) is 1. The minimum absolute atomic E-state index is 0.0281. The van der Waals surface area contributed by atoms with Crippen molar-refractivity contribution in [3.63, 3.8) is 0 Å². The molecule has 7 heteroatoms. The number of likely N-dealkylation sites (tertiary alicyclic amines) is 1. The van der Waals surface area contributed by atoms with Crippen LogP contribution in [-0.2, 0) is 9.59 Å². The van der Waals surface area contributed by atoms with E-state index in [0.717, 1.165) is 17.7 Å². The fourth-order valence-electron chi connectivity index (χ4n) is 3.41. The molecule has 0 radical (unpaired) electrons. The number of carbonyl (C=O) groups is 4. The molecule has 3 rings (SSSR count). The quantitative estimate of drug-likeness (QED) is 0.802. The van der Waals surface area contributed by atoms with Gasteiger partial charge in [-0.2, -0.15) is 0 Å². The van der Waals surface area contributed by atoms with Crippen LogP contribution in [0.4, 0.5) is 0 Å². The predicted molar refractivity (Wildman–Crippen MR) is 94.5 cm³/mol. The summed E-state index contributed by atoms with van der Waals surface area (Å²) in [7, 11) is 0. The molecule has 1 saturated heterocycles. The van der Waals surface area contributed by atoms with Gasteiger partial charge in [0.2, 0.25) is 11.8 Å². The third kappa shape index (κ3) is 3.61. The van der Waals surface area contributed by atoms with Crippen molar-refractivity contribution < 1.29 is 19.2 Å². The van der Waals surface area contributed by atoms with Crippen LogP contribution in [0.15, 0.2) is 24.3 Å². The van der Waals surface area contributed by atoms with E-state index in [4.69, 9.17) is 0 Å². The summed E-state index contributed by atoms with van der Waals surface area (Å²) in [6, 6.07) is 6.82. The lowest BCUT2D eigenvalue weighted by atomic mass is 10.0. The minimum atomic E-state index is -0.334. The highest BCUT2D eigenvalue weighted by atomic mass is 16.2. The Labute approximate surface area is 152 Å². The second-order valence-electron chi connectivity index (χ2n) is 6.63. The first-order valence-electron chi connectivity index (χ1n) is 9.03. The van der Waals surface area contributed by atoms with Gasteiger partial charge in [0.05, 0.1) is 11.1 Å². The van der Waals surface area contributed by atoms with Gasteiger partial charge in [-0.15, -0.1) is 0 Å². The predicted octanol–water partition coefficient (Wildman–Crippen LogP) is 1.19. The summed E-state index contributed by atoms with van der Waals surface area (Å²) >= 11 is 0. The van der Waals surface area contributed by atoms with Gasteiger partial charge in [-0.25, -0.2) is 0 Å². The zero-order chi connectivity index (χ0) is 18.7. The van der Waals surface area contributed by atoms with Gasteiger partial charge in [0, 0.05) is 38.5 Å². The highest BCUT2D eigenvalue weighted by Gasteiger charge is 2.35. The largest absolute Gasteiger partial charge is 0.353 e. The normalized spacial score (nSPS) is 17.4. The van der Waals surface area contributed by atoms with E-state index >= 15 is 0 Å². The zero-order valence-electron chi connectivity index (χ0n) is 14.9. The molecule has 0 saturated carbocycles. The molecular weight excluding hydrogens is 334 g/mol. The average Bonchev–Trinajstić information content (AvgIpc) is 2.91. The van der Waals surface area contributed by atoms with Crippen LogP contribution in [0.3, 0.4) is 0 Å². The first kappa shape index (κ1) is 18.1. The van der Waals surface area contributed by atoms with Crippen molar-refractivity contribution in [1.29, 1.82) is 0 Å². The molecule has 0 bridgehead atoms. The number of nitrogens with zero attached hydrogens (tertiary/aromatic N) is 2. The standard InChI is InChI=1S/C19H23N3O4/c1-2-16(23)20-13-7-10-21(11-8-13)17(24)9-12-22-18(25)14-5-3-4-6-15(14)19(22)26/h3-6,13H,2,7-12H2,1H3,(H,20,23). The topological polar surface area (TPSA) is 86.8 Å². The van der Waals surface area contributed by atoms with E-state index < -0.39 is 0 Å². The Morgan fingerprint density at radius 2 is 1.65 bits per heavy atom. The molecule has 7 nitrogen and oxygen atoms in total. The highest BCUT2D eigenvalue weighted by Crippen LogP contribution is 2.22. The van der Waals surface area contributed by atoms with Crippen LogP contribution in [0.1, 0.15) is 53.3 Å². The number of rotatable bonds is 5. The van der Waals surface area contributed by atoms with Crippen LogP contribution in [0.2, 0.25) is 0 Å². The summed E-state index contributed by atoms with van der Waals surface area (Å²) in [5.74, 6) is -0.707. The lowest BCUT2D eigenvalue weighted by molar-refractivity contribution is -0.132. The third-order valence-corrected chi connectivity index (χ3v) is 4.96. The van der Waals surface area contributed by atoms with E-state index in [-0.39, 0.29) is 42.6 Å². The Kier molecular flexibility index (Phi) is 5.35. The van der Waals surface area contributed by atoms with E-state index in [1.54, 1.807) is 29.2 Å². The number of piperidine rings is 1. The van der Waals surface area contributed by atoms with E-state index in [0.29, 0.717) is 30.6 Å². The number of carbonyl (C=O) groups excluding carboxylic acids is 4. The second kappa shape index (κ2) is 7.68. The molecule has 2 aliphatic heterocycles. The first-order valence-corrected chi connectivity index (χ1v) is 9.03. The van der Waals surface area contributed by atoms with Crippen LogP contribution < -0.4 is 5.32 Å². The van der Waals surface area contributed by atoms with Gasteiger partial charge in [-0.3, -0.25) is 24.1 Å². The zero-order valence-corrected chi connectivity index (χ0v) is 14.9.